The zero-order chi connectivity index (χ0) is 12.1. The first-order chi connectivity index (χ1) is 7.54. The number of hydrogen-bond acceptors (Lipinski definition) is 3. The van der Waals surface area contributed by atoms with E-state index in [-0.39, 0.29) is 28.8 Å². The summed E-state index contributed by atoms with van der Waals surface area (Å²) in [4.78, 5) is 11.7. The molecule has 0 spiro atoms. The van der Waals surface area contributed by atoms with Gasteiger partial charge in [-0.2, -0.15) is 0 Å². The first kappa shape index (κ1) is 13.1. The molecule has 5 heteroatoms. The summed E-state index contributed by atoms with van der Waals surface area (Å²) in [5.74, 6) is -0.683. The molecule has 16 heavy (non-hydrogen) atoms. The Morgan fingerprint density at radius 3 is 2.88 bits per heavy atom. The second-order valence-electron chi connectivity index (χ2n) is 3.47. The highest BCUT2D eigenvalue weighted by Crippen LogP contribution is 2.19. The fourth-order valence-corrected chi connectivity index (χ4v) is 1.61. The number of nitrogens with two attached hydrogens (primary N) is 1. The van der Waals surface area contributed by atoms with E-state index in [1.807, 2.05) is 0 Å². The van der Waals surface area contributed by atoms with Crippen LogP contribution >= 0.6 is 11.6 Å². The van der Waals surface area contributed by atoms with Crippen LogP contribution in [0.2, 0.25) is 5.02 Å². The van der Waals surface area contributed by atoms with E-state index < -0.39 is 5.82 Å². The van der Waals surface area contributed by atoms with Crippen LogP contribution in [0.3, 0.4) is 0 Å². The number of methoxy groups -OCH3 is 1. The molecule has 0 heterocycles. The van der Waals surface area contributed by atoms with Crippen LogP contribution in [0.1, 0.15) is 16.8 Å². The van der Waals surface area contributed by atoms with E-state index in [2.05, 4.69) is 0 Å². The third-order valence-electron chi connectivity index (χ3n) is 2.06. The molecule has 1 aromatic carbocycles. The highest BCUT2D eigenvalue weighted by atomic mass is 35.5. The fourth-order valence-electron chi connectivity index (χ4n) is 1.34. The lowest BCUT2D eigenvalue weighted by Crippen LogP contribution is -2.28. The van der Waals surface area contributed by atoms with Gasteiger partial charge >= 0.3 is 0 Å². The van der Waals surface area contributed by atoms with Gasteiger partial charge in [0.1, 0.15) is 5.82 Å². The molecule has 0 amide bonds. The molecule has 0 aliphatic heterocycles. The van der Waals surface area contributed by atoms with Gasteiger partial charge < -0.3 is 10.5 Å². The van der Waals surface area contributed by atoms with E-state index in [9.17, 15) is 9.18 Å². The zero-order valence-corrected chi connectivity index (χ0v) is 9.63. The Morgan fingerprint density at radius 1 is 1.62 bits per heavy atom. The van der Waals surface area contributed by atoms with Crippen LogP contribution in [-0.2, 0) is 4.74 Å². The number of benzene rings is 1. The largest absolute Gasteiger partial charge is 0.383 e. The standard InChI is InChI=1S/C11H13ClFNO2/c1-16-6-8(14)5-11(15)9-3-2-7(13)4-10(9)12/h2-4,8H,5-6,14H2,1H3. The van der Waals surface area contributed by atoms with Crippen LogP contribution in [0.5, 0.6) is 0 Å². The number of rotatable bonds is 5. The van der Waals surface area contributed by atoms with E-state index in [0.717, 1.165) is 6.07 Å². The molecule has 1 rings (SSSR count). The number of Topliss-reactive ketones (excluding diaryl/α,β-unsaturated/α-hetero) is 1. The Morgan fingerprint density at radius 2 is 2.31 bits per heavy atom. The number of ketones is 1. The molecule has 3 nitrogen and oxygen atoms in total. The zero-order valence-electron chi connectivity index (χ0n) is 8.87. The molecule has 0 bridgehead atoms. The average Bonchev–Trinajstić information content (AvgIpc) is 2.17. The molecule has 0 radical (unpaired) electrons. The lowest BCUT2D eigenvalue weighted by Gasteiger charge is -2.10. The van der Waals surface area contributed by atoms with Crippen LogP contribution in [0.25, 0.3) is 0 Å². The summed E-state index contributed by atoms with van der Waals surface area (Å²) >= 11 is 5.75. The lowest BCUT2D eigenvalue weighted by atomic mass is 10.0. The van der Waals surface area contributed by atoms with E-state index in [4.69, 9.17) is 22.1 Å². The van der Waals surface area contributed by atoms with Gasteiger partial charge in [0.05, 0.1) is 11.6 Å². The van der Waals surface area contributed by atoms with Gasteiger partial charge in [0.2, 0.25) is 0 Å². The Hall–Kier alpha value is -0.970. The summed E-state index contributed by atoms with van der Waals surface area (Å²) in [7, 11) is 1.51. The number of hydrogen-bond donors (Lipinski definition) is 1. The molecule has 1 atom stereocenters. The summed E-state index contributed by atoms with van der Waals surface area (Å²) < 4.78 is 17.6. The predicted molar refractivity (Wildman–Crippen MR) is 60.2 cm³/mol. The summed E-state index contributed by atoms with van der Waals surface area (Å²) in [5, 5.41) is 0.106. The summed E-state index contributed by atoms with van der Waals surface area (Å²) in [5.41, 5.74) is 5.93. The maximum Gasteiger partial charge on any atom is 0.166 e. The van der Waals surface area contributed by atoms with Gasteiger partial charge in [0, 0.05) is 25.1 Å². The monoisotopic (exact) mass is 245 g/mol. The molecule has 2 N–H and O–H groups in total. The number of ether oxygens (including phenoxy) is 1. The van der Waals surface area contributed by atoms with E-state index in [1.165, 1.54) is 19.2 Å². The third kappa shape index (κ3) is 3.56. The first-order valence-corrected chi connectivity index (χ1v) is 5.15. The van der Waals surface area contributed by atoms with Crippen molar-refractivity contribution in [3.63, 3.8) is 0 Å². The molecule has 88 valence electrons. The van der Waals surface area contributed by atoms with Gasteiger partial charge in [-0.1, -0.05) is 11.6 Å². The maximum atomic E-state index is 12.8. The fraction of sp³-hybridized carbons (Fsp3) is 0.364. The second-order valence-corrected chi connectivity index (χ2v) is 3.87. The predicted octanol–water partition coefficient (Wildman–Crippen LogP) is 2.03. The van der Waals surface area contributed by atoms with Crippen LogP contribution in [0, 0.1) is 5.82 Å². The first-order valence-electron chi connectivity index (χ1n) is 4.77. The Bertz CT molecular complexity index is 384. The molecule has 0 aromatic heterocycles. The molecule has 0 aliphatic rings. The smallest absolute Gasteiger partial charge is 0.166 e. The Balaban J connectivity index is 2.73. The van der Waals surface area contributed by atoms with Crippen molar-refractivity contribution in [2.45, 2.75) is 12.5 Å². The minimum absolute atomic E-state index is 0.106. The van der Waals surface area contributed by atoms with Crippen LogP contribution in [0.4, 0.5) is 4.39 Å². The molecule has 0 fully saturated rings. The molecular formula is C11H13ClFNO2. The van der Waals surface area contributed by atoms with Gasteiger partial charge in [-0.05, 0) is 18.2 Å². The minimum atomic E-state index is -0.470. The SMILES string of the molecule is COCC(N)CC(=O)c1ccc(F)cc1Cl. The summed E-state index contributed by atoms with van der Waals surface area (Å²) in [6.45, 7) is 0.296. The normalized spacial score (nSPS) is 12.5. The maximum absolute atomic E-state index is 12.8. The van der Waals surface area contributed by atoms with Crippen LogP contribution in [-0.4, -0.2) is 25.5 Å². The van der Waals surface area contributed by atoms with Crippen molar-refractivity contribution in [1.82, 2.24) is 0 Å². The van der Waals surface area contributed by atoms with Crippen molar-refractivity contribution in [1.29, 1.82) is 0 Å². The Labute approximate surface area is 98.3 Å². The van der Waals surface area contributed by atoms with E-state index >= 15 is 0 Å². The van der Waals surface area contributed by atoms with Gasteiger partial charge in [-0.3, -0.25) is 4.79 Å². The van der Waals surface area contributed by atoms with Crippen molar-refractivity contribution in [3.05, 3.63) is 34.6 Å². The van der Waals surface area contributed by atoms with E-state index in [0.29, 0.717) is 6.61 Å². The molecule has 1 aromatic rings. The lowest BCUT2D eigenvalue weighted by molar-refractivity contribution is 0.0949. The van der Waals surface area contributed by atoms with Crippen molar-refractivity contribution in [2.75, 3.05) is 13.7 Å². The molecule has 0 saturated carbocycles. The number of halogens is 2. The summed E-state index contributed by atoms with van der Waals surface area (Å²) in [6.07, 6.45) is 0.124. The quantitative estimate of drug-likeness (QED) is 0.808. The molecule has 0 aliphatic carbocycles. The van der Waals surface area contributed by atoms with Gasteiger partial charge in [0.25, 0.3) is 0 Å². The number of carbonyl (C=O) groups is 1. The van der Waals surface area contributed by atoms with Crippen molar-refractivity contribution >= 4 is 17.4 Å². The molecule has 0 saturated heterocycles. The average molecular weight is 246 g/mol. The van der Waals surface area contributed by atoms with Gasteiger partial charge in [-0.15, -0.1) is 0 Å². The van der Waals surface area contributed by atoms with Crippen molar-refractivity contribution in [2.24, 2.45) is 5.73 Å². The van der Waals surface area contributed by atoms with E-state index in [1.54, 1.807) is 0 Å². The van der Waals surface area contributed by atoms with Gasteiger partial charge in [0.15, 0.2) is 5.78 Å². The second kappa shape index (κ2) is 5.94. The molecular weight excluding hydrogens is 233 g/mol. The van der Waals surface area contributed by atoms with Crippen molar-refractivity contribution in [3.8, 4) is 0 Å². The van der Waals surface area contributed by atoms with Crippen LogP contribution in [0.15, 0.2) is 18.2 Å². The number of carbonyl (C=O) groups excluding carboxylic acids is 1. The summed E-state index contributed by atoms with van der Waals surface area (Å²) in [6, 6.07) is 3.29. The van der Waals surface area contributed by atoms with Crippen LogP contribution < -0.4 is 5.73 Å². The van der Waals surface area contributed by atoms with Gasteiger partial charge in [-0.25, -0.2) is 4.39 Å². The molecule has 1 unspecified atom stereocenters. The topological polar surface area (TPSA) is 52.3 Å². The minimum Gasteiger partial charge on any atom is -0.383 e. The highest BCUT2D eigenvalue weighted by Gasteiger charge is 2.14. The highest BCUT2D eigenvalue weighted by molar-refractivity contribution is 6.34. The third-order valence-corrected chi connectivity index (χ3v) is 2.37. The van der Waals surface area contributed by atoms with Crippen molar-refractivity contribution < 1.29 is 13.9 Å². The Kier molecular flexibility index (Phi) is 4.86.